The van der Waals surface area contributed by atoms with Crippen LogP contribution in [0.1, 0.15) is 22.0 Å². The third kappa shape index (κ3) is 4.56. The first-order chi connectivity index (χ1) is 10.3. The van der Waals surface area contributed by atoms with Gasteiger partial charge in [0.25, 0.3) is 11.6 Å². The van der Waals surface area contributed by atoms with Gasteiger partial charge in [0.2, 0.25) is 5.51 Å². The van der Waals surface area contributed by atoms with Crippen LogP contribution in [0.3, 0.4) is 0 Å². The minimum Gasteiger partial charge on any atom is -0.362 e. The number of anilines is 1. The molecule has 0 amide bonds. The summed E-state index contributed by atoms with van der Waals surface area (Å²) in [6, 6.07) is 0. The first-order valence-electron chi connectivity index (χ1n) is 6.56. The Morgan fingerprint density at radius 3 is 2.86 bits per heavy atom. The predicted molar refractivity (Wildman–Crippen MR) is 80.0 cm³/mol. The van der Waals surface area contributed by atoms with Crippen LogP contribution in [0.5, 0.6) is 0 Å². The molecule has 0 spiro atoms. The quantitative estimate of drug-likeness (QED) is 0.505. The molecule has 0 radical (unpaired) electrons. The predicted octanol–water partition coefficient (Wildman–Crippen LogP) is 0.144. The normalized spacial score (nSPS) is 11.8. The number of nitrogen functional groups attached to an aromatic ring is 1. The van der Waals surface area contributed by atoms with Gasteiger partial charge >= 0.3 is 7.82 Å². The number of phosphoric ester groups is 1. The van der Waals surface area contributed by atoms with Crippen molar-refractivity contribution in [3.63, 3.8) is 0 Å². The molecule has 8 nitrogen and oxygen atoms in total. The first-order valence-corrected chi connectivity index (χ1v) is 8.97. The Morgan fingerprint density at radius 2 is 2.23 bits per heavy atom. The molecule has 0 saturated carbocycles. The molecular weight excluding hydrogens is 327 g/mol. The Balaban J connectivity index is 2.06. The average Bonchev–Trinajstić information content (AvgIpc) is 2.73. The summed E-state index contributed by atoms with van der Waals surface area (Å²) in [5, 5.41) is 0. The van der Waals surface area contributed by atoms with E-state index in [0.29, 0.717) is 18.8 Å². The molecule has 0 bridgehead atoms. The van der Waals surface area contributed by atoms with E-state index >= 15 is 0 Å². The Bertz CT molecular complexity index is 715. The number of aromatic amines is 1. The highest BCUT2D eigenvalue weighted by atomic mass is 32.1. The lowest BCUT2D eigenvalue weighted by Gasteiger charge is -2.03. The number of H-pyrrole nitrogens is 1. The summed E-state index contributed by atoms with van der Waals surface area (Å²) in [7, 11) is -4.41. The van der Waals surface area contributed by atoms with Gasteiger partial charge in [-0.2, -0.15) is 4.57 Å². The maximum absolute atomic E-state index is 10.7. The van der Waals surface area contributed by atoms with Crippen LogP contribution in [-0.4, -0.2) is 21.4 Å². The first kappa shape index (κ1) is 17.0. The van der Waals surface area contributed by atoms with E-state index in [0.717, 1.165) is 22.0 Å². The maximum Gasteiger partial charge on any atom is 0.469 e. The van der Waals surface area contributed by atoms with Crippen LogP contribution in [0.25, 0.3) is 0 Å². The molecule has 2 rings (SSSR count). The second-order valence-electron chi connectivity index (χ2n) is 4.83. The summed E-state index contributed by atoms with van der Waals surface area (Å²) >= 11 is 1.51. The van der Waals surface area contributed by atoms with Gasteiger partial charge in [0.05, 0.1) is 11.5 Å². The number of hydrogen-bond donors (Lipinski definition) is 3. The van der Waals surface area contributed by atoms with E-state index < -0.39 is 7.82 Å². The lowest BCUT2D eigenvalue weighted by Crippen LogP contribution is -2.36. The molecule has 0 aliphatic rings. The molecule has 10 heteroatoms. The highest BCUT2D eigenvalue weighted by Gasteiger charge is 2.20. The molecule has 5 N–H and O–H groups in total. The van der Waals surface area contributed by atoms with E-state index in [4.69, 9.17) is 15.5 Å². The molecule has 2 heterocycles. The molecule has 0 saturated heterocycles. The van der Waals surface area contributed by atoms with E-state index in [9.17, 15) is 4.57 Å². The molecule has 0 aromatic carbocycles. The van der Waals surface area contributed by atoms with Crippen molar-refractivity contribution in [1.29, 1.82) is 0 Å². The fraction of sp³-hybridized carbons (Fsp3) is 0.417. The van der Waals surface area contributed by atoms with E-state index in [-0.39, 0.29) is 6.61 Å². The lowest BCUT2D eigenvalue weighted by molar-refractivity contribution is -0.690. The largest absolute Gasteiger partial charge is 0.469 e. The minimum absolute atomic E-state index is 0.0202. The van der Waals surface area contributed by atoms with Gasteiger partial charge in [0.1, 0.15) is 11.8 Å². The van der Waals surface area contributed by atoms with Gasteiger partial charge in [-0.05, 0) is 4.98 Å². The van der Waals surface area contributed by atoms with Crippen LogP contribution >= 0.6 is 19.2 Å². The van der Waals surface area contributed by atoms with Crippen molar-refractivity contribution < 1.29 is 28.4 Å². The number of hydrogen-bond acceptors (Lipinski definition) is 5. The van der Waals surface area contributed by atoms with Gasteiger partial charge in [-0.3, -0.25) is 4.52 Å². The summed E-state index contributed by atoms with van der Waals surface area (Å²) in [6.07, 6.45) is 2.28. The van der Waals surface area contributed by atoms with Crippen LogP contribution in [-0.2, 0) is 22.1 Å². The summed E-state index contributed by atoms with van der Waals surface area (Å²) in [5.74, 6) is 1.24. The fourth-order valence-electron chi connectivity index (χ4n) is 1.97. The van der Waals surface area contributed by atoms with Gasteiger partial charge in [-0.25, -0.2) is 9.55 Å². The van der Waals surface area contributed by atoms with Gasteiger partial charge in [0, 0.05) is 20.3 Å². The standard InChI is InChI=1S/C12H17N4O4PS/c1-8-11(3-4-20-21(17,18)19)22-7-16(8)6-10-5-14-9(2)15-12(10)13/h5,7H,3-4,6H2,1-2H3,(H3-,13,14,15,17,18,19)/p+2. The van der Waals surface area contributed by atoms with Crippen LogP contribution in [0.15, 0.2) is 11.7 Å². The zero-order valence-corrected chi connectivity index (χ0v) is 14.0. The Labute approximate surface area is 131 Å². The minimum atomic E-state index is -4.41. The van der Waals surface area contributed by atoms with E-state index in [1.54, 1.807) is 0 Å². The molecule has 0 fully saturated rings. The third-order valence-corrected chi connectivity index (χ3v) is 4.82. The summed E-state index contributed by atoms with van der Waals surface area (Å²) < 4.78 is 17.2. The van der Waals surface area contributed by atoms with Crippen molar-refractivity contribution >= 4 is 25.0 Å². The van der Waals surface area contributed by atoms with Crippen molar-refractivity contribution in [3.8, 4) is 0 Å². The lowest BCUT2D eigenvalue weighted by atomic mass is 10.2. The third-order valence-electron chi connectivity index (χ3n) is 3.16. The molecule has 2 aromatic rings. The van der Waals surface area contributed by atoms with Gasteiger partial charge in [0.15, 0.2) is 12.2 Å². The Hall–Kier alpha value is -1.38. The SMILES string of the molecule is Cc1nc(N)c(C[n+]2csc(CCOP(=O)(O)O)c2C)c[nH+]1. The summed E-state index contributed by atoms with van der Waals surface area (Å²) in [4.78, 5) is 25.6. The zero-order chi connectivity index (χ0) is 16.3. The number of phosphoric acid groups is 1. The molecule has 2 aromatic heterocycles. The van der Waals surface area contributed by atoms with Gasteiger partial charge in [-0.1, -0.05) is 11.3 Å². The number of nitrogens with zero attached hydrogens (tertiary/aromatic N) is 2. The molecule has 0 atom stereocenters. The molecule has 120 valence electrons. The number of nitrogens with two attached hydrogens (primary N) is 1. The van der Waals surface area contributed by atoms with Crippen LogP contribution in [0.2, 0.25) is 0 Å². The highest BCUT2D eigenvalue weighted by molar-refractivity contribution is 7.46. The molecule has 22 heavy (non-hydrogen) atoms. The maximum atomic E-state index is 10.7. The van der Waals surface area contributed by atoms with Crippen molar-refractivity contribution in [1.82, 2.24) is 4.98 Å². The number of thiazole rings is 1. The van der Waals surface area contributed by atoms with Crippen LogP contribution in [0, 0.1) is 13.8 Å². The van der Waals surface area contributed by atoms with Gasteiger partial charge in [-0.15, -0.1) is 0 Å². The number of rotatable bonds is 6. The van der Waals surface area contributed by atoms with E-state index in [1.165, 1.54) is 11.3 Å². The smallest absolute Gasteiger partial charge is 0.362 e. The van der Waals surface area contributed by atoms with Crippen LogP contribution in [0.4, 0.5) is 5.82 Å². The van der Waals surface area contributed by atoms with Gasteiger partial charge < -0.3 is 15.5 Å². The molecule has 0 aliphatic heterocycles. The van der Waals surface area contributed by atoms with Crippen molar-refractivity contribution in [2.45, 2.75) is 26.8 Å². The summed E-state index contributed by atoms with van der Waals surface area (Å²) in [5.41, 5.74) is 9.75. The molecule has 0 unspecified atom stereocenters. The Kier molecular flexibility index (Phi) is 5.25. The fourth-order valence-corrected chi connectivity index (χ4v) is 3.27. The number of aromatic nitrogens is 3. The van der Waals surface area contributed by atoms with Crippen molar-refractivity contribution in [2.24, 2.45) is 0 Å². The summed E-state index contributed by atoms with van der Waals surface area (Å²) in [6.45, 7) is 4.35. The topological polar surface area (TPSA) is 124 Å². The second kappa shape index (κ2) is 6.80. The van der Waals surface area contributed by atoms with Crippen molar-refractivity contribution in [3.05, 3.63) is 33.7 Å². The highest BCUT2D eigenvalue weighted by Crippen LogP contribution is 2.35. The molecule has 0 aliphatic carbocycles. The Morgan fingerprint density at radius 1 is 1.50 bits per heavy atom. The number of aryl methyl sites for hydroxylation is 1. The average molecular weight is 346 g/mol. The molecular formula is C12H19N4O4PS+2. The van der Waals surface area contributed by atoms with E-state index in [1.807, 2.05) is 30.1 Å². The number of nitrogens with one attached hydrogen (secondary N) is 1. The van der Waals surface area contributed by atoms with E-state index in [2.05, 4.69) is 14.5 Å². The van der Waals surface area contributed by atoms with Crippen LogP contribution < -0.4 is 15.3 Å². The second-order valence-corrected chi connectivity index (χ2v) is 7.01. The van der Waals surface area contributed by atoms with Crippen molar-refractivity contribution in [2.75, 3.05) is 12.3 Å². The zero-order valence-electron chi connectivity index (χ0n) is 12.3. The monoisotopic (exact) mass is 346 g/mol.